The van der Waals surface area contributed by atoms with Crippen LogP contribution < -0.4 is 4.90 Å². The van der Waals surface area contributed by atoms with Gasteiger partial charge >= 0.3 is 0 Å². The summed E-state index contributed by atoms with van der Waals surface area (Å²) < 4.78 is 0. The summed E-state index contributed by atoms with van der Waals surface area (Å²) in [6.45, 7) is 0. The van der Waals surface area contributed by atoms with Crippen molar-refractivity contribution < 1.29 is 4.79 Å². The van der Waals surface area contributed by atoms with E-state index in [2.05, 4.69) is 35.2 Å². The lowest BCUT2D eigenvalue weighted by molar-refractivity contribution is 0.112. The number of benzene rings is 1. The molecule has 0 aliphatic carbocycles. The highest BCUT2D eigenvalue weighted by atomic mass is 32.1. The average molecular weight is 257 g/mol. The Morgan fingerprint density at radius 3 is 2.17 bits per heavy atom. The van der Waals surface area contributed by atoms with Crippen molar-refractivity contribution in [1.29, 1.82) is 0 Å². The predicted molar refractivity (Wildman–Crippen MR) is 79.4 cm³/mol. The molecule has 0 atom stereocenters. The zero-order valence-electron chi connectivity index (χ0n) is 10.5. The minimum Gasteiger partial charge on any atom is -0.378 e. The number of rotatable bonds is 4. The summed E-state index contributed by atoms with van der Waals surface area (Å²) in [4.78, 5) is 14.5. The molecular formula is C15H15NOS. The van der Waals surface area contributed by atoms with Gasteiger partial charge in [-0.25, -0.2) is 0 Å². The number of carbonyl (C=O) groups excluding carboxylic acids is 1. The minimum atomic E-state index is 0.762. The zero-order valence-corrected chi connectivity index (χ0v) is 11.3. The smallest absolute Gasteiger partial charge is 0.160 e. The quantitative estimate of drug-likeness (QED) is 0.777. The summed E-state index contributed by atoms with van der Waals surface area (Å²) in [7, 11) is 4.05. The van der Waals surface area contributed by atoms with Crippen molar-refractivity contribution >= 4 is 35.5 Å². The molecular weight excluding hydrogens is 242 g/mol. The monoisotopic (exact) mass is 257 g/mol. The van der Waals surface area contributed by atoms with Gasteiger partial charge in [0.1, 0.15) is 0 Å². The highest BCUT2D eigenvalue weighted by Crippen LogP contribution is 2.18. The van der Waals surface area contributed by atoms with Gasteiger partial charge in [0.15, 0.2) is 6.29 Å². The first-order valence-electron chi connectivity index (χ1n) is 5.69. The third-order valence-corrected chi connectivity index (χ3v) is 3.59. The van der Waals surface area contributed by atoms with E-state index >= 15 is 0 Å². The Morgan fingerprint density at radius 1 is 0.944 bits per heavy atom. The van der Waals surface area contributed by atoms with E-state index in [9.17, 15) is 4.79 Å². The Balaban J connectivity index is 2.11. The van der Waals surface area contributed by atoms with E-state index in [1.807, 2.05) is 32.3 Å². The van der Waals surface area contributed by atoms with Crippen LogP contribution in [0.25, 0.3) is 12.2 Å². The number of aldehydes is 1. The second kappa shape index (κ2) is 5.65. The molecule has 0 aliphatic rings. The lowest BCUT2D eigenvalue weighted by Crippen LogP contribution is -2.07. The Labute approximate surface area is 111 Å². The van der Waals surface area contributed by atoms with Crippen molar-refractivity contribution in [1.82, 2.24) is 0 Å². The Kier molecular flexibility index (Phi) is 3.95. The molecule has 92 valence electrons. The van der Waals surface area contributed by atoms with E-state index in [-0.39, 0.29) is 0 Å². The fourth-order valence-electron chi connectivity index (χ4n) is 1.58. The maximum Gasteiger partial charge on any atom is 0.160 e. The topological polar surface area (TPSA) is 20.3 Å². The third kappa shape index (κ3) is 3.08. The van der Waals surface area contributed by atoms with Crippen molar-refractivity contribution in [3.05, 3.63) is 51.7 Å². The molecule has 0 N–H and O–H groups in total. The van der Waals surface area contributed by atoms with Crippen molar-refractivity contribution in [2.75, 3.05) is 19.0 Å². The molecule has 2 rings (SSSR count). The molecule has 2 nitrogen and oxygen atoms in total. The first kappa shape index (κ1) is 12.6. The van der Waals surface area contributed by atoms with Gasteiger partial charge in [0.2, 0.25) is 0 Å². The van der Waals surface area contributed by atoms with Gasteiger partial charge in [-0.2, -0.15) is 0 Å². The molecule has 0 radical (unpaired) electrons. The molecule has 2 aromatic rings. The summed E-state index contributed by atoms with van der Waals surface area (Å²) >= 11 is 1.50. The number of thiophene rings is 1. The average Bonchev–Trinajstić information content (AvgIpc) is 2.85. The fraction of sp³-hybridized carbons (Fsp3) is 0.133. The molecule has 0 unspecified atom stereocenters. The van der Waals surface area contributed by atoms with Crippen LogP contribution in [0.15, 0.2) is 36.4 Å². The van der Waals surface area contributed by atoms with E-state index in [1.54, 1.807) is 0 Å². The van der Waals surface area contributed by atoms with E-state index in [0.29, 0.717) is 0 Å². The third-order valence-electron chi connectivity index (χ3n) is 2.61. The van der Waals surface area contributed by atoms with E-state index < -0.39 is 0 Å². The van der Waals surface area contributed by atoms with Crippen LogP contribution >= 0.6 is 11.3 Å². The highest BCUT2D eigenvalue weighted by Gasteiger charge is 1.96. The van der Waals surface area contributed by atoms with Gasteiger partial charge in [-0.3, -0.25) is 4.79 Å². The molecule has 18 heavy (non-hydrogen) atoms. The van der Waals surface area contributed by atoms with Crippen LogP contribution in [0.4, 0.5) is 5.69 Å². The molecule has 1 heterocycles. The van der Waals surface area contributed by atoms with Crippen LogP contribution in [0.5, 0.6) is 0 Å². The van der Waals surface area contributed by atoms with E-state index in [4.69, 9.17) is 0 Å². The van der Waals surface area contributed by atoms with Crippen molar-refractivity contribution in [2.24, 2.45) is 0 Å². The predicted octanol–water partition coefficient (Wildman–Crippen LogP) is 3.80. The molecule has 0 amide bonds. The van der Waals surface area contributed by atoms with Crippen LogP contribution in [0, 0.1) is 0 Å². The molecule has 0 bridgehead atoms. The molecule has 0 saturated carbocycles. The van der Waals surface area contributed by atoms with Crippen LogP contribution in [-0.4, -0.2) is 20.4 Å². The summed E-state index contributed by atoms with van der Waals surface area (Å²) in [5, 5.41) is 0. The summed E-state index contributed by atoms with van der Waals surface area (Å²) in [6, 6.07) is 12.1. The van der Waals surface area contributed by atoms with E-state index in [1.165, 1.54) is 17.0 Å². The number of anilines is 1. The molecule has 0 spiro atoms. The molecule has 1 aromatic carbocycles. The number of nitrogens with zero attached hydrogens (tertiary/aromatic N) is 1. The van der Waals surface area contributed by atoms with Crippen LogP contribution in [0.2, 0.25) is 0 Å². The molecule has 0 fully saturated rings. The zero-order chi connectivity index (χ0) is 13.0. The van der Waals surface area contributed by atoms with E-state index in [0.717, 1.165) is 21.6 Å². The van der Waals surface area contributed by atoms with Crippen molar-refractivity contribution in [3.63, 3.8) is 0 Å². The van der Waals surface area contributed by atoms with Gasteiger partial charge in [0.05, 0.1) is 4.88 Å². The van der Waals surface area contributed by atoms with Crippen LogP contribution in [-0.2, 0) is 0 Å². The van der Waals surface area contributed by atoms with Gasteiger partial charge in [-0.05, 0) is 35.9 Å². The maximum absolute atomic E-state index is 10.6. The lowest BCUT2D eigenvalue weighted by Gasteiger charge is -2.11. The molecule has 0 aliphatic heterocycles. The summed E-state index contributed by atoms with van der Waals surface area (Å²) in [6.07, 6.45) is 4.97. The molecule has 1 aromatic heterocycles. The first-order valence-corrected chi connectivity index (χ1v) is 6.51. The Hall–Kier alpha value is -1.87. The molecule has 3 heteroatoms. The van der Waals surface area contributed by atoms with Gasteiger partial charge in [0.25, 0.3) is 0 Å². The van der Waals surface area contributed by atoms with Crippen molar-refractivity contribution in [2.45, 2.75) is 0 Å². The summed E-state index contributed by atoms with van der Waals surface area (Å²) in [5.41, 5.74) is 2.34. The first-order chi connectivity index (χ1) is 8.69. The van der Waals surface area contributed by atoms with Gasteiger partial charge < -0.3 is 4.90 Å². The number of hydrogen-bond acceptors (Lipinski definition) is 3. The largest absolute Gasteiger partial charge is 0.378 e. The van der Waals surface area contributed by atoms with Crippen LogP contribution in [0.3, 0.4) is 0 Å². The Bertz CT molecular complexity index is 552. The standard InChI is InChI=1S/C15H15NOS/c1-16(2)13-6-3-12(4-7-13)5-8-14-9-10-15(11-17)18-14/h3-11H,1-2H3. The molecule has 0 saturated heterocycles. The Morgan fingerprint density at radius 2 is 1.61 bits per heavy atom. The van der Waals surface area contributed by atoms with Gasteiger partial charge in [0, 0.05) is 24.7 Å². The van der Waals surface area contributed by atoms with Gasteiger partial charge in [-0.1, -0.05) is 18.2 Å². The second-order valence-electron chi connectivity index (χ2n) is 4.18. The van der Waals surface area contributed by atoms with Crippen molar-refractivity contribution in [3.8, 4) is 0 Å². The number of carbonyl (C=O) groups is 1. The maximum atomic E-state index is 10.6. The normalized spacial score (nSPS) is 10.8. The lowest BCUT2D eigenvalue weighted by atomic mass is 10.2. The minimum absolute atomic E-state index is 0.762. The highest BCUT2D eigenvalue weighted by molar-refractivity contribution is 7.14. The SMILES string of the molecule is CN(C)c1ccc(C=Cc2ccc(C=O)s2)cc1. The van der Waals surface area contributed by atoms with Gasteiger partial charge in [-0.15, -0.1) is 11.3 Å². The second-order valence-corrected chi connectivity index (χ2v) is 5.32. The number of hydrogen-bond donors (Lipinski definition) is 0. The fourth-order valence-corrected chi connectivity index (χ4v) is 2.31. The van der Waals surface area contributed by atoms with Crippen LogP contribution in [0.1, 0.15) is 20.1 Å². The summed E-state index contributed by atoms with van der Waals surface area (Å²) in [5.74, 6) is 0.